The quantitative estimate of drug-likeness (QED) is 0.540. The predicted molar refractivity (Wildman–Crippen MR) is 13.1 cm³/mol. The molecule has 1 N–H and O–H groups in total. The molecule has 0 fully saturated rings. The Hall–Kier alpha value is -0.250. The van der Waals surface area contributed by atoms with Crippen molar-refractivity contribution < 1.29 is 21.0 Å². The Kier molecular flexibility index (Phi) is 0.528. The van der Waals surface area contributed by atoms with E-state index in [1.165, 1.54) is 0 Å². The molecule has 0 radical (unpaired) electrons. The van der Waals surface area contributed by atoms with Crippen LogP contribution in [0.5, 0.6) is 0 Å². The first-order valence-electron chi connectivity index (χ1n) is 2.43. The number of hydrogen-bond donors (Lipinski definition) is 1. The SMILES string of the molecule is [2H]OC(F)(F)C([2H])([2H])F. The maximum atomic E-state index is 11.5. The van der Waals surface area contributed by atoms with E-state index in [4.69, 9.17) is 4.17 Å². The van der Waals surface area contributed by atoms with Gasteiger partial charge in [-0.2, -0.15) is 8.78 Å². The smallest absolute Gasteiger partial charge is 0.334 e. The van der Waals surface area contributed by atoms with Gasteiger partial charge in [0, 0.05) is 0 Å². The second-order valence-electron chi connectivity index (χ2n) is 0.611. The van der Waals surface area contributed by atoms with Gasteiger partial charge in [-0.15, -0.1) is 0 Å². The third-order valence-electron chi connectivity index (χ3n) is 0.110. The summed E-state index contributed by atoms with van der Waals surface area (Å²) in [5.41, 5.74) is 0. The average molecular weight is 103 g/mol. The molecular weight excluding hydrogens is 97.0 g/mol. The predicted octanol–water partition coefficient (Wildman–Crippen LogP) is 0.541. The summed E-state index contributed by atoms with van der Waals surface area (Å²) in [5.74, 6) is 0. The number of alkyl halides is 3. The number of hydrogen-bond acceptors (Lipinski definition) is 1. The summed E-state index contributed by atoms with van der Waals surface area (Å²) in [6, 6.07) is 0. The Morgan fingerprint density at radius 1 is 2.00 bits per heavy atom. The zero-order valence-corrected chi connectivity index (χ0v) is 2.54. The van der Waals surface area contributed by atoms with E-state index in [2.05, 4.69) is 5.11 Å². The van der Waals surface area contributed by atoms with Crippen LogP contribution in [0.25, 0.3) is 0 Å². The van der Waals surface area contributed by atoms with Crippen LogP contribution >= 0.6 is 0 Å². The highest BCUT2D eigenvalue weighted by Crippen LogP contribution is 2.06. The molecule has 38 valence electrons. The average Bonchev–Trinajstić information content (AvgIpc) is 1.64. The zero-order chi connectivity index (χ0) is 7.71. The van der Waals surface area contributed by atoms with Crippen molar-refractivity contribution in [1.29, 1.82) is 1.43 Å². The first kappa shape index (κ1) is 2.16. The summed E-state index contributed by atoms with van der Waals surface area (Å²) in [5, 5.41) is 2.47. The highest BCUT2D eigenvalue weighted by atomic mass is 19.3. The topological polar surface area (TPSA) is 20.2 Å². The van der Waals surface area contributed by atoms with Crippen LogP contribution in [-0.4, -0.2) is 19.3 Å². The van der Waals surface area contributed by atoms with Crippen molar-refractivity contribution in [3.8, 4) is 0 Å². The lowest BCUT2D eigenvalue weighted by molar-refractivity contribution is -0.208. The second kappa shape index (κ2) is 1.47. The molecule has 0 aromatic rings. The first-order valence-corrected chi connectivity index (χ1v) is 1.02. The van der Waals surface area contributed by atoms with Gasteiger partial charge in [0.15, 0.2) is 6.63 Å². The van der Waals surface area contributed by atoms with E-state index in [-0.39, 0.29) is 0 Å². The molecule has 0 unspecified atom stereocenters. The van der Waals surface area contributed by atoms with Crippen LogP contribution in [0, 0.1) is 0 Å². The minimum atomic E-state index is -4.69. The summed E-state index contributed by atoms with van der Waals surface area (Å²) >= 11 is 0. The fraction of sp³-hybridized carbons (Fsp3) is 1.00. The fourth-order valence-corrected chi connectivity index (χ4v) is 0. The van der Waals surface area contributed by atoms with Crippen molar-refractivity contribution in [3.63, 3.8) is 0 Å². The van der Waals surface area contributed by atoms with Crippen LogP contribution in [0.15, 0.2) is 0 Å². The maximum Gasteiger partial charge on any atom is 0.381 e. The third-order valence-corrected chi connectivity index (χ3v) is 0.110. The van der Waals surface area contributed by atoms with E-state index < -0.39 is 12.7 Å². The maximum absolute atomic E-state index is 11.5. The normalized spacial score (nSPS) is 21.5. The van der Waals surface area contributed by atoms with Crippen molar-refractivity contribution in [2.75, 3.05) is 6.63 Å². The molecule has 0 aliphatic heterocycles. The molecule has 0 heterocycles. The van der Waals surface area contributed by atoms with Crippen LogP contribution in [-0.2, 0) is 0 Å². The Bertz CT molecular complexity index is 99.7. The molecule has 0 aromatic carbocycles. The van der Waals surface area contributed by atoms with Gasteiger partial charge < -0.3 is 5.11 Å². The number of halogens is 3. The Morgan fingerprint density at radius 3 is 2.50 bits per heavy atom. The molecule has 0 amide bonds. The molecule has 0 spiro atoms. The summed E-state index contributed by atoms with van der Waals surface area (Å²) in [4.78, 5) is 0. The molecule has 0 atom stereocenters. The molecule has 0 saturated carbocycles. The first-order chi connectivity index (χ1) is 3.81. The van der Waals surface area contributed by atoms with Gasteiger partial charge in [0.1, 0.15) is 0 Å². The van der Waals surface area contributed by atoms with Crippen LogP contribution in [0.4, 0.5) is 13.2 Å². The van der Waals surface area contributed by atoms with Gasteiger partial charge in [0.25, 0.3) is 0 Å². The summed E-state index contributed by atoms with van der Waals surface area (Å²) in [6.07, 6.45) is -4.69. The van der Waals surface area contributed by atoms with Crippen molar-refractivity contribution in [2.45, 2.75) is 6.11 Å². The van der Waals surface area contributed by atoms with Crippen molar-refractivity contribution >= 4 is 0 Å². The van der Waals surface area contributed by atoms with E-state index in [0.717, 1.165) is 0 Å². The van der Waals surface area contributed by atoms with Crippen LogP contribution in [0.1, 0.15) is 2.74 Å². The Labute approximate surface area is 36.7 Å². The molecule has 0 rings (SSSR count). The van der Waals surface area contributed by atoms with Gasteiger partial charge in [-0.25, -0.2) is 4.39 Å². The fourth-order valence-electron chi connectivity index (χ4n) is 0. The highest BCUT2D eigenvalue weighted by molar-refractivity contribution is 4.38. The highest BCUT2D eigenvalue weighted by Gasteiger charge is 2.22. The molecule has 1 nitrogen and oxygen atoms in total. The lowest BCUT2D eigenvalue weighted by atomic mass is 10.7. The van der Waals surface area contributed by atoms with Gasteiger partial charge in [0.2, 0.25) is 1.43 Å². The van der Waals surface area contributed by atoms with E-state index in [1.807, 2.05) is 0 Å². The van der Waals surface area contributed by atoms with Gasteiger partial charge in [-0.05, 0) is 0 Å². The monoisotopic (exact) mass is 103 g/mol. The van der Waals surface area contributed by atoms with E-state index >= 15 is 0 Å². The number of rotatable bonds is 2. The summed E-state index contributed by atoms with van der Waals surface area (Å²) < 4.78 is 51.5. The summed E-state index contributed by atoms with van der Waals surface area (Å²) in [6.45, 7) is -4.30. The van der Waals surface area contributed by atoms with E-state index in [9.17, 15) is 13.2 Å². The Balaban J connectivity index is 4.14. The minimum absolute atomic E-state index is 2.47. The third kappa shape index (κ3) is 3.75. The van der Waals surface area contributed by atoms with E-state index in [0.29, 0.717) is 0 Å². The lowest BCUT2D eigenvalue weighted by Gasteiger charge is -1.97. The zero-order valence-electron chi connectivity index (χ0n) is 5.54. The molecule has 4 heteroatoms. The standard InChI is InChI=1S/C2H3F3O/c3-1-2(4,5)6/h6H,1H2/i1D2,6D. The van der Waals surface area contributed by atoms with Gasteiger partial charge in [-0.1, -0.05) is 0 Å². The second-order valence-corrected chi connectivity index (χ2v) is 0.611. The molecule has 0 saturated heterocycles. The van der Waals surface area contributed by atoms with Crippen molar-refractivity contribution in [2.24, 2.45) is 0 Å². The van der Waals surface area contributed by atoms with Crippen LogP contribution < -0.4 is 0 Å². The van der Waals surface area contributed by atoms with Crippen LogP contribution in [0.2, 0.25) is 0 Å². The van der Waals surface area contributed by atoms with E-state index in [1.54, 1.807) is 0 Å². The molecular formula is C2H3F3O. The Morgan fingerprint density at radius 2 is 2.50 bits per heavy atom. The largest absolute Gasteiger partial charge is 0.381 e. The van der Waals surface area contributed by atoms with Gasteiger partial charge >= 0.3 is 6.11 Å². The van der Waals surface area contributed by atoms with Crippen molar-refractivity contribution in [3.05, 3.63) is 0 Å². The molecule has 0 aromatic heterocycles. The van der Waals surface area contributed by atoms with Crippen LogP contribution in [0.3, 0.4) is 0 Å². The van der Waals surface area contributed by atoms with Gasteiger partial charge in [0.05, 0.1) is 2.74 Å². The molecule has 0 bridgehead atoms. The van der Waals surface area contributed by atoms with Gasteiger partial charge in [-0.3, -0.25) is 0 Å². The molecule has 6 heavy (non-hydrogen) atoms. The molecule has 0 aliphatic carbocycles. The minimum Gasteiger partial charge on any atom is -0.334 e. The summed E-state index contributed by atoms with van der Waals surface area (Å²) in [7, 11) is 0. The molecule has 0 aliphatic rings. The van der Waals surface area contributed by atoms with Crippen molar-refractivity contribution in [1.82, 2.24) is 0 Å². The number of aliphatic hydroxyl groups is 1. The lowest BCUT2D eigenvalue weighted by Crippen LogP contribution is -2.15.